The lowest BCUT2D eigenvalue weighted by Crippen LogP contribution is -2.52. The number of cyclic esters (lactones) is 1. The van der Waals surface area contributed by atoms with E-state index < -0.39 is 23.8 Å². The van der Waals surface area contributed by atoms with Crippen molar-refractivity contribution in [3.8, 4) is 5.75 Å². The van der Waals surface area contributed by atoms with Crippen LogP contribution in [0.3, 0.4) is 0 Å². The monoisotopic (exact) mass is 468 g/mol. The molecule has 2 heterocycles. The third-order valence-electron chi connectivity index (χ3n) is 7.74. The Morgan fingerprint density at radius 3 is 2.27 bits per heavy atom. The lowest BCUT2D eigenvalue weighted by atomic mass is 9.67. The average Bonchev–Trinajstić information content (AvgIpc) is 3.42. The normalized spacial score (nSPS) is 30.9. The number of nitrogens with zero attached hydrogens (tertiary/aromatic N) is 2. The molecule has 5 rings (SSSR count). The van der Waals surface area contributed by atoms with Gasteiger partial charge in [0.2, 0.25) is 5.91 Å². The maximum Gasteiger partial charge on any atom is 0.422 e. The Morgan fingerprint density at radius 2 is 1.67 bits per heavy atom. The van der Waals surface area contributed by atoms with E-state index in [9.17, 15) is 27.9 Å². The van der Waals surface area contributed by atoms with Crippen molar-refractivity contribution in [2.45, 2.75) is 62.3 Å². The van der Waals surface area contributed by atoms with Gasteiger partial charge in [-0.3, -0.25) is 9.69 Å². The van der Waals surface area contributed by atoms with Crippen LogP contribution in [-0.4, -0.2) is 65.6 Å². The molecule has 1 aromatic rings. The summed E-state index contributed by atoms with van der Waals surface area (Å²) in [6.45, 7) is -0.225. The summed E-state index contributed by atoms with van der Waals surface area (Å²) in [5.41, 5.74) is -1.21. The highest BCUT2D eigenvalue weighted by Crippen LogP contribution is 2.51. The molecule has 2 saturated carbocycles. The average molecular weight is 468 g/mol. The van der Waals surface area contributed by atoms with Gasteiger partial charge in [0.1, 0.15) is 12.4 Å². The van der Waals surface area contributed by atoms with E-state index in [0.29, 0.717) is 50.9 Å². The molecule has 2 amide bonds. The minimum Gasteiger partial charge on any atom is -0.484 e. The molecule has 1 N–H and O–H groups in total. The summed E-state index contributed by atoms with van der Waals surface area (Å²) in [4.78, 5) is 28.8. The summed E-state index contributed by atoms with van der Waals surface area (Å²) >= 11 is 0. The first-order chi connectivity index (χ1) is 15.5. The molecule has 1 aromatic carbocycles. The molecule has 180 valence electrons. The van der Waals surface area contributed by atoms with Crippen molar-refractivity contribution >= 4 is 17.7 Å². The number of rotatable bonds is 5. The van der Waals surface area contributed by atoms with Crippen LogP contribution in [0.5, 0.6) is 5.75 Å². The number of β-amino-alcohol motifs (C(OH)–C–C–N with tert-alkyl or cyclic N) is 1. The quantitative estimate of drug-likeness (QED) is 0.714. The van der Waals surface area contributed by atoms with E-state index >= 15 is 0 Å². The zero-order valence-electron chi connectivity index (χ0n) is 18.2. The Bertz CT molecular complexity index is 936. The van der Waals surface area contributed by atoms with Gasteiger partial charge < -0.3 is 19.5 Å². The number of carbonyl (C=O) groups excluding carboxylic acids is 2. The van der Waals surface area contributed by atoms with Gasteiger partial charge in [-0.25, -0.2) is 4.79 Å². The minimum atomic E-state index is -4.41. The third-order valence-corrected chi connectivity index (χ3v) is 7.74. The van der Waals surface area contributed by atoms with E-state index in [0.717, 1.165) is 12.8 Å². The van der Waals surface area contributed by atoms with E-state index in [2.05, 4.69) is 0 Å². The van der Waals surface area contributed by atoms with Gasteiger partial charge in [0.15, 0.2) is 6.61 Å². The van der Waals surface area contributed by atoms with Crippen molar-refractivity contribution in [3.05, 3.63) is 24.3 Å². The Hall–Kier alpha value is -2.49. The van der Waals surface area contributed by atoms with Crippen molar-refractivity contribution in [2.24, 2.45) is 5.41 Å². The predicted molar refractivity (Wildman–Crippen MR) is 111 cm³/mol. The number of halogens is 3. The van der Waals surface area contributed by atoms with Crippen LogP contribution >= 0.6 is 0 Å². The number of anilines is 1. The number of hydrogen-bond donors (Lipinski definition) is 1. The largest absolute Gasteiger partial charge is 0.484 e. The summed E-state index contributed by atoms with van der Waals surface area (Å²) in [5, 5.41) is 11.2. The van der Waals surface area contributed by atoms with Crippen LogP contribution in [0, 0.1) is 5.41 Å². The summed E-state index contributed by atoms with van der Waals surface area (Å²) in [6, 6.07) is 6.05. The molecule has 4 aliphatic rings. The zero-order chi connectivity index (χ0) is 23.5. The number of carbonyl (C=O) groups is 2. The van der Waals surface area contributed by atoms with Crippen molar-refractivity contribution in [1.29, 1.82) is 0 Å². The second kappa shape index (κ2) is 7.51. The van der Waals surface area contributed by atoms with Gasteiger partial charge in [0, 0.05) is 12.2 Å². The van der Waals surface area contributed by atoms with Crippen molar-refractivity contribution in [1.82, 2.24) is 4.90 Å². The number of aliphatic hydroxyl groups is 1. The standard InChI is InChI=1S/C23H27F3N2O5/c24-23(25,26)15-32-17-3-1-16(2-4-17)27-12-11-20(18(27)29)5-9-22(31,10-6-20)13-28-19(30)33-14-21(28)7-8-21/h1-4,31H,5-15H2. The van der Waals surface area contributed by atoms with E-state index in [1.807, 2.05) is 0 Å². The highest BCUT2D eigenvalue weighted by atomic mass is 19.4. The highest BCUT2D eigenvalue weighted by molar-refractivity contribution is 6.00. The number of benzene rings is 1. The SMILES string of the molecule is O=C1OCC2(CC2)N1CC1(O)CCC2(CCN(c3ccc(OCC(F)(F)F)cc3)C2=O)CC1. The van der Waals surface area contributed by atoms with Gasteiger partial charge in [-0.05, 0) is 69.2 Å². The topological polar surface area (TPSA) is 79.3 Å². The number of amides is 2. The molecule has 2 saturated heterocycles. The van der Waals surface area contributed by atoms with Crippen LogP contribution in [0.25, 0.3) is 0 Å². The Morgan fingerprint density at radius 1 is 1.00 bits per heavy atom. The fourth-order valence-corrected chi connectivity index (χ4v) is 5.40. The van der Waals surface area contributed by atoms with Crippen molar-refractivity contribution in [3.63, 3.8) is 0 Å². The smallest absolute Gasteiger partial charge is 0.422 e. The van der Waals surface area contributed by atoms with Crippen molar-refractivity contribution in [2.75, 3.05) is 31.2 Å². The van der Waals surface area contributed by atoms with Crippen LogP contribution in [0.4, 0.5) is 23.7 Å². The molecule has 33 heavy (non-hydrogen) atoms. The lowest BCUT2D eigenvalue weighted by molar-refractivity contribution is -0.153. The van der Waals surface area contributed by atoms with Gasteiger partial charge in [0.25, 0.3) is 0 Å². The van der Waals surface area contributed by atoms with Crippen molar-refractivity contribution < 1.29 is 37.3 Å². The molecule has 10 heteroatoms. The molecular formula is C23H27F3N2O5. The third kappa shape index (κ3) is 4.13. The molecule has 4 fully saturated rings. The second-order valence-corrected chi connectivity index (χ2v) is 9.97. The van der Waals surface area contributed by atoms with E-state index in [1.165, 1.54) is 12.1 Å². The first-order valence-corrected chi connectivity index (χ1v) is 11.3. The van der Waals surface area contributed by atoms with Gasteiger partial charge in [-0.15, -0.1) is 0 Å². The Labute approximate surface area is 189 Å². The summed E-state index contributed by atoms with van der Waals surface area (Å²) in [5.74, 6) is 0.0711. The fraction of sp³-hybridized carbons (Fsp3) is 0.652. The Balaban J connectivity index is 1.20. The van der Waals surface area contributed by atoms with Crippen LogP contribution in [0.2, 0.25) is 0 Å². The minimum absolute atomic E-state index is 0.0206. The Kier molecular flexibility index (Phi) is 5.08. The summed E-state index contributed by atoms with van der Waals surface area (Å²) in [6.07, 6.45) is -0.418. The molecule has 2 aliphatic carbocycles. The first kappa shape index (κ1) is 22.3. The zero-order valence-corrected chi connectivity index (χ0v) is 18.2. The van der Waals surface area contributed by atoms with Gasteiger partial charge in [-0.1, -0.05) is 0 Å². The maximum absolute atomic E-state index is 13.3. The molecule has 2 spiro atoms. The van der Waals surface area contributed by atoms with Gasteiger partial charge in [0.05, 0.1) is 23.1 Å². The van der Waals surface area contributed by atoms with E-state index in [4.69, 9.17) is 9.47 Å². The highest BCUT2D eigenvalue weighted by Gasteiger charge is 2.59. The second-order valence-electron chi connectivity index (χ2n) is 9.97. The predicted octanol–water partition coefficient (Wildman–Crippen LogP) is 3.64. The van der Waals surface area contributed by atoms with Crippen LogP contribution in [-0.2, 0) is 9.53 Å². The number of alkyl halides is 3. The molecule has 0 radical (unpaired) electrons. The van der Waals surface area contributed by atoms with Gasteiger partial charge in [-0.2, -0.15) is 13.2 Å². The van der Waals surface area contributed by atoms with Crippen LogP contribution in [0.1, 0.15) is 44.9 Å². The van der Waals surface area contributed by atoms with E-state index in [-0.39, 0.29) is 29.8 Å². The van der Waals surface area contributed by atoms with Crippen LogP contribution < -0.4 is 9.64 Å². The number of ether oxygens (including phenoxy) is 2. The molecular weight excluding hydrogens is 441 g/mol. The fourth-order valence-electron chi connectivity index (χ4n) is 5.40. The first-order valence-electron chi connectivity index (χ1n) is 11.3. The lowest BCUT2D eigenvalue weighted by Gasteiger charge is -2.42. The van der Waals surface area contributed by atoms with Gasteiger partial charge >= 0.3 is 12.3 Å². The van der Waals surface area contributed by atoms with Crippen LogP contribution in [0.15, 0.2) is 24.3 Å². The summed E-state index contributed by atoms with van der Waals surface area (Å²) < 4.78 is 46.9. The molecule has 0 aromatic heterocycles. The molecule has 7 nitrogen and oxygen atoms in total. The van der Waals surface area contributed by atoms with E-state index in [1.54, 1.807) is 21.9 Å². The molecule has 0 bridgehead atoms. The number of hydrogen-bond acceptors (Lipinski definition) is 5. The molecule has 0 atom stereocenters. The molecule has 0 unspecified atom stereocenters. The molecule has 2 aliphatic heterocycles. The maximum atomic E-state index is 13.3. The summed E-state index contributed by atoms with van der Waals surface area (Å²) in [7, 11) is 0.